The topological polar surface area (TPSA) is 78.3 Å². The van der Waals surface area contributed by atoms with Gasteiger partial charge in [-0.1, -0.05) is 12.1 Å². The van der Waals surface area contributed by atoms with Gasteiger partial charge >= 0.3 is 0 Å². The molecular formula is C15H16N2O2. The highest BCUT2D eigenvalue weighted by Gasteiger charge is 2.09. The van der Waals surface area contributed by atoms with Gasteiger partial charge in [-0.25, -0.2) is 0 Å². The van der Waals surface area contributed by atoms with E-state index >= 15 is 0 Å². The van der Waals surface area contributed by atoms with Crippen molar-refractivity contribution in [1.82, 2.24) is 0 Å². The molecule has 19 heavy (non-hydrogen) atoms. The number of primary amides is 1. The number of carbonyl (C=O) groups is 1. The van der Waals surface area contributed by atoms with E-state index in [-0.39, 0.29) is 5.56 Å². The molecule has 0 atom stereocenters. The lowest BCUT2D eigenvalue weighted by molar-refractivity contribution is 0.100. The summed E-state index contributed by atoms with van der Waals surface area (Å²) in [6, 6.07) is 10.8. The maximum atomic E-state index is 11.2. The predicted octanol–water partition coefficient (Wildman–Crippen LogP) is 2.78. The lowest BCUT2D eigenvalue weighted by Gasteiger charge is -2.11. The standard InChI is InChI=1S/C15H16N2O2/c1-9-3-4-10(2)14(7-9)19-11-5-6-13(16)12(8-11)15(17)18/h3-8H,16H2,1-2H3,(H2,17,18). The Hall–Kier alpha value is -2.49. The highest BCUT2D eigenvalue weighted by molar-refractivity contribution is 5.98. The van der Waals surface area contributed by atoms with Crippen molar-refractivity contribution in [3.05, 3.63) is 53.1 Å². The van der Waals surface area contributed by atoms with Crippen LogP contribution in [-0.2, 0) is 0 Å². The van der Waals surface area contributed by atoms with E-state index in [1.165, 1.54) is 0 Å². The summed E-state index contributed by atoms with van der Waals surface area (Å²) in [5.41, 5.74) is 13.7. The molecule has 0 heterocycles. The molecule has 4 heteroatoms. The molecule has 0 aliphatic rings. The molecule has 0 spiro atoms. The fraction of sp³-hybridized carbons (Fsp3) is 0.133. The third-order valence-corrected chi connectivity index (χ3v) is 2.86. The van der Waals surface area contributed by atoms with Crippen LogP contribution in [0.1, 0.15) is 21.5 Å². The zero-order chi connectivity index (χ0) is 14.0. The lowest BCUT2D eigenvalue weighted by atomic mass is 10.1. The summed E-state index contributed by atoms with van der Waals surface area (Å²) in [5.74, 6) is 0.723. The smallest absolute Gasteiger partial charge is 0.250 e. The molecule has 0 aromatic heterocycles. The Morgan fingerprint density at radius 2 is 1.84 bits per heavy atom. The van der Waals surface area contributed by atoms with Gasteiger partial charge in [0.2, 0.25) is 0 Å². The van der Waals surface area contributed by atoms with Crippen LogP contribution in [0.3, 0.4) is 0 Å². The van der Waals surface area contributed by atoms with E-state index in [9.17, 15) is 4.79 Å². The van der Waals surface area contributed by atoms with Crippen LogP contribution in [-0.4, -0.2) is 5.91 Å². The molecular weight excluding hydrogens is 240 g/mol. The molecule has 4 nitrogen and oxygen atoms in total. The van der Waals surface area contributed by atoms with E-state index < -0.39 is 5.91 Å². The number of benzene rings is 2. The summed E-state index contributed by atoms with van der Waals surface area (Å²) in [4.78, 5) is 11.2. The fourth-order valence-corrected chi connectivity index (χ4v) is 1.76. The Bertz CT molecular complexity index is 636. The van der Waals surface area contributed by atoms with Crippen LogP contribution in [0.4, 0.5) is 5.69 Å². The Morgan fingerprint density at radius 1 is 1.11 bits per heavy atom. The number of amides is 1. The van der Waals surface area contributed by atoms with Crippen molar-refractivity contribution in [3.63, 3.8) is 0 Å². The van der Waals surface area contributed by atoms with E-state index in [0.717, 1.165) is 16.9 Å². The number of carbonyl (C=O) groups excluding carboxylic acids is 1. The molecule has 0 fully saturated rings. The minimum atomic E-state index is -0.566. The molecule has 2 aromatic carbocycles. The Labute approximate surface area is 112 Å². The minimum Gasteiger partial charge on any atom is -0.457 e. The molecule has 2 aromatic rings. The SMILES string of the molecule is Cc1ccc(C)c(Oc2ccc(N)c(C(N)=O)c2)c1. The monoisotopic (exact) mass is 256 g/mol. The molecule has 1 amide bonds. The van der Waals surface area contributed by atoms with Gasteiger partial charge in [0.1, 0.15) is 11.5 Å². The molecule has 0 saturated heterocycles. The number of nitrogen functional groups attached to an aromatic ring is 1. The van der Waals surface area contributed by atoms with Crippen LogP contribution < -0.4 is 16.2 Å². The van der Waals surface area contributed by atoms with Gasteiger partial charge in [0.15, 0.2) is 0 Å². The van der Waals surface area contributed by atoms with Crippen LogP contribution in [0.5, 0.6) is 11.5 Å². The van der Waals surface area contributed by atoms with Crippen LogP contribution >= 0.6 is 0 Å². The summed E-state index contributed by atoms with van der Waals surface area (Å²) in [5, 5.41) is 0. The predicted molar refractivity (Wildman–Crippen MR) is 75.4 cm³/mol. The average Bonchev–Trinajstić information content (AvgIpc) is 2.36. The first-order chi connectivity index (χ1) is 8.97. The Balaban J connectivity index is 2.36. The van der Waals surface area contributed by atoms with Gasteiger partial charge in [0.25, 0.3) is 5.91 Å². The van der Waals surface area contributed by atoms with E-state index in [0.29, 0.717) is 11.4 Å². The van der Waals surface area contributed by atoms with Gasteiger partial charge in [-0.15, -0.1) is 0 Å². The molecule has 0 aliphatic heterocycles. The second-order valence-electron chi connectivity index (χ2n) is 4.48. The van der Waals surface area contributed by atoms with Gasteiger partial charge in [0.05, 0.1) is 5.56 Å². The second-order valence-corrected chi connectivity index (χ2v) is 4.48. The van der Waals surface area contributed by atoms with Crippen molar-refractivity contribution >= 4 is 11.6 Å². The van der Waals surface area contributed by atoms with Crippen LogP contribution in [0.2, 0.25) is 0 Å². The average molecular weight is 256 g/mol. The maximum absolute atomic E-state index is 11.2. The van der Waals surface area contributed by atoms with Crippen LogP contribution in [0.15, 0.2) is 36.4 Å². The number of hydrogen-bond acceptors (Lipinski definition) is 3. The molecule has 0 radical (unpaired) electrons. The van der Waals surface area contributed by atoms with E-state index in [1.807, 2.05) is 32.0 Å². The highest BCUT2D eigenvalue weighted by atomic mass is 16.5. The normalized spacial score (nSPS) is 10.2. The third kappa shape index (κ3) is 2.85. The van der Waals surface area contributed by atoms with Gasteiger partial charge in [-0.05, 0) is 49.2 Å². The molecule has 0 unspecified atom stereocenters. The largest absolute Gasteiger partial charge is 0.457 e. The number of rotatable bonds is 3. The van der Waals surface area contributed by atoms with E-state index in [2.05, 4.69) is 0 Å². The fourth-order valence-electron chi connectivity index (χ4n) is 1.76. The zero-order valence-corrected chi connectivity index (χ0v) is 10.9. The first-order valence-corrected chi connectivity index (χ1v) is 5.92. The van der Waals surface area contributed by atoms with Gasteiger partial charge in [-0.2, -0.15) is 0 Å². The summed E-state index contributed by atoms with van der Waals surface area (Å²) in [7, 11) is 0. The molecule has 0 aliphatic carbocycles. The first-order valence-electron chi connectivity index (χ1n) is 5.92. The first kappa shape index (κ1) is 13.0. The number of nitrogens with two attached hydrogens (primary N) is 2. The maximum Gasteiger partial charge on any atom is 0.250 e. The summed E-state index contributed by atoms with van der Waals surface area (Å²) in [6.45, 7) is 3.95. The second kappa shape index (κ2) is 5.02. The lowest BCUT2D eigenvalue weighted by Crippen LogP contribution is -2.13. The quantitative estimate of drug-likeness (QED) is 0.829. The number of ether oxygens (including phenoxy) is 1. The number of hydrogen-bond donors (Lipinski definition) is 2. The van der Waals surface area contributed by atoms with Gasteiger partial charge in [0, 0.05) is 5.69 Å². The number of anilines is 1. The highest BCUT2D eigenvalue weighted by Crippen LogP contribution is 2.28. The van der Waals surface area contributed by atoms with Crippen molar-refractivity contribution in [3.8, 4) is 11.5 Å². The molecule has 0 saturated carbocycles. The van der Waals surface area contributed by atoms with Crippen LogP contribution in [0.25, 0.3) is 0 Å². The van der Waals surface area contributed by atoms with Gasteiger partial charge < -0.3 is 16.2 Å². The Morgan fingerprint density at radius 3 is 2.53 bits per heavy atom. The molecule has 98 valence electrons. The van der Waals surface area contributed by atoms with Crippen molar-refractivity contribution in [2.45, 2.75) is 13.8 Å². The van der Waals surface area contributed by atoms with E-state index in [1.54, 1.807) is 18.2 Å². The van der Waals surface area contributed by atoms with Crippen molar-refractivity contribution in [2.24, 2.45) is 5.73 Å². The molecule has 0 bridgehead atoms. The van der Waals surface area contributed by atoms with Gasteiger partial charge in [-0.3, -0.25) is 4.79 Å². The molecule has 2 rings (SSSR count). The van der Waals surface area contributed by atoms with E-state index in [4.69, 9.17) is 16.2 Å². The summed E-state index contributed by atoms with van der Waals surface area (Å²) < 4.78 is 5.77. The van der Waals surface area contributed by atoms with Crippen molar-refractivity contribution in [2.75, 3.05) is 5.73 Å². The summed E-state index contributed by atoms with van der Waals surface area (Å²) in [6.07, 6.45) is 0. The minimum absolute atomic E-state index is 0.266. The summed E-state index contributed by atoms with van der Waals surface area (Å²) >= 11 is 0. The van der Waals surface area contributed by atoms with Crippen molar-refractivity contribution < 1.29 is 9.53 Å². The zero-order valence-electron chi connectivity index (χ0n) is 10.9. The molecule has 4 N–H and O–H groups in total. The third-order valence-electron chi connectivity index (χ3n) is 2.86. The van der Waals surface area contributed by atoms with Crippen molar-refractivity contribution in [1.29, 1.82) is 0 Å². The van der Waals surface area contributed by atoms with Crippen LogP contribution in [0, 0.1) is 13.8 Å². The number of aryl methyl sites for hydroxylation is 2. The Kier molecular flexibility index (Phi) is 3.42.